The fourth-order valence-electron chi connectivity index (χ4n) is 5.93. The number of fused-ring (bicyclic) bond motifs is 2. The highest BCUT2D eigenvalue weighted by molar-refractivity contribution is 7.14. The number of nitrogens with one attached hydrogen (secondary N) is 3. The Morgan fingerprint density at radius 2 is 1.62 bits per heavy atom. The van der Waals surface area contributed by atoms with Crippen LogP contribution in [0, 0.1) is 11.2 Å². The van der Waals surface area contributed by atoms with Crippen molar-refractivity contribution in [3.63, 3.8) is 0 Å². The summed E-state index contributed by atoms with van der Waals surface area (Å²) in [5.74, 6) is 0.404. The Hall–Kier alpha value is -4.56. The second-order valence-electron chi connectivity index (χ2n) is 10.5. The number of hydrogen-bond donors (Lipinski definition) is 3. The van der Waals surface area contributed by atoms with Crippen LogP contribution in [0.4, 0.5) is 15.2 Å². The molecule has 1 aliphatic carbocycles. The highest BCUT2D eigenvalue weighted by Gasteiger charge is 2.53. The Kier molecular flexibility index (Phi) is 5.86. The predicted octanol–water partition coefficient (Wildman–Crippen LogP) is 7.30. The average Bonchev–Trinajstić information content (AvgIpc) is 3.45. The van der Waals surface area contributed by atoms with Gasteiger partial charge in [-0.2, -0.15) is 0 Å². The van der Waals surface area contributed by atoms with Gasteiger partial charge in [-0.1, -0.05) is 66.7 Å². The quantitative estimate of drug-likeness (QED) is 0.202. The zero-order chi connectivity index (χ0) is 27.3. The number of halogens is 1. The fourth-order valence-corrected chi connectivity index (χ4v) is 6.63. The summed E-state index contributed by atoms with van der Waals surface area (Å²) >= 11 is 1.37. The summed E-state index contributed by atoms with van der Waals surface area (Å²) in [5, 5.41) is 6.83. The first-order chi connectivity index (χ1) is 19.5. The maximum atomic E-state index is 14.4. The molecule has 40 heavy (non-hydrogen) atoms. The van der Waals surface area contributed by atoms with Crippen LogP contribution < -0.4 is 16.2 Å². The topological polar surface area (TPSA) is 78.4 Å². The van der Waals surface area contributed by atoms with Crippen molar-refractivity contribution in [1.29, 1.82) is 0 Å². The third kappa shape index (κ3) is 4.03. The lowest BCUT2D eigenvalue weighted by molar-refractivity contribution is -0.127. The Labute approximate surface area is 235 Å². The molecule has 1 amide bonds. The van der Waals surface area contributed by atoms with E-state index in [1.165, 1.54) is 23.0 Å². The summed E-state index contributed by atoms with van der Waals surface area (Å²) in [5.41, 5.74) is 10.6. The van der Waals surface area contributed by atoms with E-state index in [0.29, 0.717) is 22.6 Å². The minimum atomic E-state index is -0.759. The van der Waals surface area contributed by atoms with Gasteiger partial charge >= 0.3 is 0 Å². The monoisotopic (exact) mass is 547 g/mol. The van der Waals surface area contributed by atoms with Crippen LogP contribution in [-0.4, -0.2) is 16.7 Å². The van der Waals surface area contributed by atoms with E-state index in [9.17, 15) is 9.18 Å². The molecular formula is C32H26FN5OS. The van der Waals surface area contributed by atoms with E-state index in [0.717, 1.165) is 28.0 Å². The van der Waals surface area contributed by atoms with Crippen molar-refractivity contribution < 1.29 is 9.18 Å². The van der Waals surface area contributed by atoms with E-state index in [1.807, 2.05) is 73.0 Å². The molecule has 5 aromatic rings. The van der Waals surface area contributed by atoms with Gasteiger partial charge in [-0.25, -0.2) is 9.37 Å². The first-order valence-electron chi connectivity index (χ1n) is 13.2. The number of aromatic nitrogens is 1. The van der Waals surface area contributed by atoms with E-state index in [2.05, 4.69) is 28.3 Å². The normalized spacial score (nSPS) is 21.0. The van der Waals surface area contributed by atoms with Crippen molar-refractivity contribution in [2.24, 2.45) is 10.4 Å². The Bertz CT molecular complexity index is 1780. The molecule has 0 saturated heterocycles. The number of benzene rings is 4. The van der Waals surface area contributed by atoms with Gasteiger partial charge < -0.3 is 5.32 Å². The minimum Gasteiger partial charge on any atom is -0.301 e. The zero-order valence-electron chi connectivity index (χ0n) is 21.7. The van der Waals surface area contributed by atoms with E-state index < -0.39 is 5.41 Å². The van der Waals surface area contributed by atoms with Gasteiger partial charge in [0.15, 0.2) is 5.13 Å². The highest BCUT2D eigenvalue weighted by atomic mass is 32.1. The van der Waals surface area contributed by atoms with Crippen LogP contribution in [0.5, 0.6) is 0 Å². The second kappa shape index (κ2) is 9.57. The summed E-state index contributed by atoms with van der Waals surface area (Å²) in [6.45, 7) is 1.99. The molecule has 0 radical (unpaired) electrons. The van der Waals surface area contributed by atoms with Gasteiger partial charge in [0, 0.05) is 22.2 Å². The van der Waals surface area contributed by atoms with Gasteiger partial charge in [0.25, 0.3) is 0 Å². The number of carbonyl (C=O) groups excluding carboxylic acids is 1. The number of para-hydroxylation sites is 1. The van der Waals surface area contributed by atoms with E-state index >= 15 is 0 Å². The lowest BCUT2D eigenvalue weighted by atomic mass is 9.62. The van der Waals surface area contributed by atoms with Gasteiger partial charge in [0.05, 0.1) is 22.8 Å². The third-order valence-electron chi connectivity index (χ3n) is 7.99. The van der Waals surface area contributed by atoms with Crippen molar-refractivity contribution in [2.45, 2.75) is 25.3 Å². The molecule has 4 aromatic carbocycles. The van der Waals surface area contributed by atoms with Gasteiger partial charge in [0.1, 0.15) is 11.7 Å². The molecule has 2 bridgehead atoms. The number of amides is 1. The Balaban J connectivity index is 1.16. The molecule has 3 unspecified atom stereocenters. The van der Waals surface area contributed by atoms with Crippen molar-refractivity contribution in [2.75, 3.05) is 10.7 Å². The number of nitrogens with zero attached hydrogens (tertiary/aromatic N) is 2. The number of amidine groups is 1. The van der Waals surface area contributed by atoms with Crippen molar-refractivity contribution in [1.82, 2.24) is 10.4 Å². The zero-order valence-corrected chi connectivity index (χ0v) is 22.5. The van der Waals surface area contributed by atoms with Crippen molar-refractivity contribution in [3.8, 4) is 11.3 Å². The Morgan fingerprint density at radius 3 is 2.45 bits per heavy atom. The van der Waals surface area contributed by atoms with Crippen LogP contribution in [0.25, 0.3) is 22.0 Å². The number of aliphatic imine (C=N–C) groups is 1. The molecule has 3 heterocycles. The lowest BCUT2D eigenvalue weighted by Gasteiger charge is -2.47. The van der Waals surface area contributed by atoms with Crippen LogP contribution in [0.15, 0.2) is 101 Å². The standard InChI is InChI=1S/C32H26FN5OS/c1-32(30(39)36-31-34-27(18-40-31)23-15-16-26(33)22-13-7-5-11-20(22)23)17-25-21-12-6-8-14-24(21)28(32)35-29(25)38-37-19-9-3-2-4-10-19/h2-16,18,25,28,37H,17H2,1H3,(H,35,38)(H,34,36,39). The summed E-state index contributed by atoms with van der Waals surface area (Å²) in [7, 11) is 0. The smallest absolute Gasteiger partial charge is 0.234 e. The lowest BCUT2D eigenvalue weighted by Crippen LogP contribution is -2.50. The maximum absolute atomic E-state index is 14.4. The molecule has 0 fully saturated rings. The summed E-state index contributed by atoms with van der Waals surface area (Å²) in [4.78, 5) is 23.6. The van der Waals surface area contributed by atoms with Crippen molar-refractivity contribution in [3.05, 3.63) is 113 Å². The van der Waals surface area contributed by atoms with Crippen LogP contribution in [-0.2, 0) is 4.79 Å². The first-order valence-corrected chi connectivity index (χ1v) is 14.1. The van der Waals surface area contributed by atoms with E-state index in [1.54, 1.807) is 12.1 Å². The predicted molar refractivity (Wildman–Crippen MR) is 159 cm³/mol. The molecule has 3 N–H and O–H groups in total. The van der Waals surface area contributed by atoms with E-state index in [4.69, 9.17) is 9.98 Å². The largest absolute Gasteiger partial charge is 0.301 e. The maximum Gasteiger partial charge on any atom is 0.234 e. The molecule has 1 aromatic heterocycles. The number of thiazole rings is 1. The van der Waals surface area contributed by atoms with E-state index in [-0.39, 0.29) is 23.7 Å². The van der Waals surface area contributed by atoms with Gasteiger partial charge in [-0.05, 0) is 54.1 Å². The molecule has 0 spiro atoms. The van der Waals surface area contributed by atoms with Gasteiger partial charge in [-0.15, -0.1) is 11.3 Å². The molecule has 2 aliphatic heterocycles. The third-order valence-corrected chi connectivity index (χ3v) is 8.75. The van der Waals surface area contributed by atoms with Crippen LogP contribution in [0.1, 0.15) is 36.4 Å². The summed E-state index contributed by atoms with van der Waals surface area (Å²) < 4.78 is 14.4. The minimum absolute atomic E-state index is 0.0504. The number of rotatable bonds is 5. The van der Waals surface area contributed by atoms with Gasteiger partial charge in [0.2, 0.25) is 5.91 Å². The molecule has 198 valence electrons. The molecule has 6 nitrogen and oxygen atoms in total. The molecular weight excluding hydrogens is 521 g/mol. The first kappa shape index (κ1) is 24.5. The number of carbonyl (C=O) groups is 1. The SMILES string of the molecule is CC1(C(=O)Nc2nc(-c3ccc(F)c4ccccc34)cs2)CC2C(NNc3ccccc3)=NC1c1ccccc12. The summed E-state index contributed by atoms with van der Waals surface area (Å²) in [6, 6.07) is 28.3. The van der Waals surface area contributed by atoms with Crippen LogP contribution in [0.2, 0.25) is 0 Å². The van der Waals surface area contributed by atoms with Gasteiger partial charge in [-0.3, -0.25) is 20.6 Å². The number of anilines is 2. The molecule has 8 rings (SSSR count). The average molecular weight is 548 g/mol. The Morgan fingerprint density at radius 1 is 0.900 bits per heavy atom. The molecule has 0 saturated carbocycles. The molecule has 3 aliphatic rings. The van der Waals surface area contributed by atoms with Crippen LogP contribution >= 0.6 is 11.3 Å². The number of hydrogen-bond acceptors (Lipinski definition) is 6. The molecule has 3 atom stereocenters. The molecule has 8 heteroatoms. The van der Waals surface area contributed by atoms with Crippen LogP contribution in [0.3, 0.4) is 0 Å². The summed E-state index contributed by atoms with van der Waals surface area (Å²) in [6.07, 6.45) is 0.615. The highest BCUT2D eigenvalue weighted by Crippen LogP contribution is 2.55. The second-order valence-corrected chi connectivity index (χ2v) is 11.3. The fraction of sp³-hybridized carbons (Fsp3) is 0.156. The van der Waals surface area contributed by atoms with Crippen molar-refractivity contribution >= 4 is 44.7 Å². The number of hydrazine groups is 1.